The first-order chi connectivity index (χ1) is 11.6. The van der Waals surface area contributed by atoms with Crippen molar-refractivity contribution in [3.8, 4) is 11.5 Å². The van der Waals surface area contributed by atoms with Crippen LogP contribution in [0.3, 0.4) is 0 Å². The molecule has 24 heavy (non-hydrogen) atoms. The van der Waals surface area contributed by atoms with Crippen LogP contribution in [0.15, 0.2) is 18.2 Å². The molecule has 1 N–H and O–H groups in total. The van der Waals surface area contributed by atoms with Gasteiger partial charge in [-0.25, -0.2) is 0 Å². The van der Waals surface area contributed by atoms with E-state index in [1.165, 1.54) is 0 Å². The molecule has 2 amide bonds. The molecule has 128 valence electrons. The van der Waals surface area contributed by atoms with Crippen LogP contribution in [0, 0.1) is 0 Å². The first kappa shape index (κ1) is 15.6. The number of hydrogen-bond donors (Lipinski definition) is 1. The molecule has 1 aromatic rings. The Morgan fingerprint density at radius 1 is 1.33 bits per heavy atom. The summed E-state index contributed by atoms with van der Waals surface area (Å²) in [5.74, 6) is 1.91. The van der Waals surface area contributed by atoms with Crippen molar-refractivity contribution in [3.05, 3.63) is 18.2 Å². The normalized spacial score (nSPS) is 28.5. The van der Waals surface area contributed by atoms with Gasteiger partial charge in [-0.05, 0) is 25.5 Å². The van der Waals surface area contributed by atoms with Crippen molar-refractivity contribution in [3.63, 3.8) is 0 Å². The molecule has 0 spiro atoms. The van der Waals surface area contributed by atoms with Crippen molar-refractivity contribution in [1.29, 1.82) is 0 Å². The topological polar surface area (TPSA) is 67.9 Å². The minimum atomic E-state index is -0.411. The van der Waals surface area contributed by atoms with Gasteiger partial charge in [0.25, 0.3) is 0 Å². The lowest BCUT2D eigenvalue weighted by molar-refractivity contribution is -0.135. The van der Waals surface area contributed by atoms with E-state index in [0.29, 0.717) is 42.6 Å². The van der Waals surface area contributed by atoms with Crippen LogP contribution in [0.4, 0.5) is 5.69 Å². The molecule has 3 aliphatic heterocycles. The fourth-order valence-electron chi connectivity index (χ4n) is 3.48. The number of rotatable bonds is 2. The summed E-state index contributed by atoms with van der Waals surface area (Å²) in [5.41, 5.74) is 0.662. The smallest absolute Gasteiger partial charge is 0.248 e. The van der Waals surface area contributed by atoms with Gasteiger partial charge in [0.2, 0.25) is 11.8 Å². The fraction of sp³-hybridized carbons (Fsp3) is 0.529. The Bertz CT molecular complexity index is 695. The second-order valence-corrected chi connectivity index (χ2v) is 7.97. The number of nitrogens with zero attached hydrogens (tertiary/aromatic N) is 1. The number of amides is 2. The highest BCUT2D eigenvalue weighted by atomic mass is 32.2. The van der Waals surface area contributed by atoms with E-state index in [0.717, 1.165) is 12.8 Å². The minimum Gasteiger partial charge on any atom is -0.490 e. The molecule has 3 heterocycles. The van der Waals surface area contributed by atoms with Crippen LogP contribution in [-0.4, -0.2) is 46.6 Å². The highest BCUT2D eigenvalue weighted by molar-refractivity contribution is 8.01. The van der Waals surface area contributed by atoms with Crippen molar-refractivity contribution in [2.75, 3.05) is 24.3 Å². The monoisotopic (exact) mass is 348 g/mol. The van der Waals surface area contributed by atoms with Gasteiger partial charge >= 0.3 is 0 Å². The average molecular weight is 348 g/mol. The van der Waals surface area contributed by atoms with Crippen LogP contribution < -0.4 is 14.8 Å². The number of thioether (sulfide) groups is 1. The Hall–Kier alpha value is -1.89. The molecule has 6 nitrogen and oxygen atoms in total. The zero-order chi connectivity index (χ0) is 16.7. The van der Waals surface area contributed by atoms with Crippen molar-refractivity contribution in [2.45, 2.75) is 37.1 Å². The summed E-state index contributed by atoms with van der Waals surface area (Å²) in [6, 6.07) is 4.99. The van der Waals surface area contributed by atoms with Crippen LogP contribution >= 0.6 is 11.8 Å². The predicted molar refractivity (Wildman–Crippen MR) is 91.4 cm³/mol. The molecule has 0 radical (unpaired) electrons. The van der Waals surface area contributed by atoms with Gasteiger partial charge in [0.05, 0.1) is 18.1 Å². The van der Waals surface area contributed by atoms with E-state index in [4.69, 9.17) is 9.47 Å². The zero-order valence-electron chi connectivity index (χ0n) is 13.5. The summed E-state index contributed by atoms with van der Waals surface area (Å²) in [5, 5.41) is 2.92. The van der Waals surface area contributed by atoms with Crippen LogP contribution in [0.2, 0.25) is 0 Å². The molecule has 0 aliphatic carbocycles. The molecule has 4 rings (SSSR count). The number of hydrogen-bond acceptors (Lipinski definition) is 5. The third kappa shape index (κ3) is 2.60. The number of fused-ring (bicyclic) bond motifs is 2. The Morgan fingerprint density at radius 3 is 2.96 bits per heavy atom. The summed E-state index contributed by atoms with van der Waals surface area (Å²) in [7, 11) is 0. The first-order valence-corrected chi connectivity index (χ1v) is 9.22. The quantitative estimate of drug-likeness (QED) is 0.888. The lowest BCUT2D eigenvalue weighted by Gasteiger charge is -2.29. The first-order valence-electron chi connectivity index (χ1n) is 8.23. The SMILES string of the molecule is C[C@@]12CCC(=O)N1[C@H](C(=O)Nc1ccc3c(c1)OCCCO3)CS2. The average Bonchev–Trinajstić information content (AvgIpc) is 2.93. The molecule has 1 aromatic carbocycles. The molecule has 0 bridgehead atoms. The number of carbonyl (C=O) groups excluding carboxylic acids is 2. The van der Waals surface area contributed by atoms with Gasteiger partial charge < -0.3 is 19.7 Å². The molecule has 3 aliphatic rings. The second-order valence-electron chi connectivity index (χ2n) is 6.47. The van der Waals surface area contributed by atoms with Crippen molar-refractivity contribution in [2.24, 2.45) is 0 Å². The van der Waals surface area contributed by atoms with Gasteiger partial charge in [0.15, 0.2) is 11.5 Å². The zero-order valence-corrected chi connectivity index (χ0v) is 14.4. The molecular formula is C17H20N2O4S. The number of ether oxygens (including phenoxy) is 2. The van der Waals surface area contributed by atoms with E-state index in [1.54, 1.807) is 28.8 Å². The molecule has 0 aromatic heterocycles. The largest absolute Gasteiger partial charge is 0.490 e. The summed E-state index contributed by atoms with van der Waals surface area (Å²) in [6.45, 7) is 3.28. The summed E-state index contributed by atoms with van der Waals surface area (Å²) >= 11 is 1.69. The van der Waals surface area contributed by atoms with Gasteiger partial charge in [-0.2, -0.15) is 0 Å². The van der Waals surface area contributed by atoms with E-state index < -0.39 is 6.04 Å². The maximum absolute atomic E-state index is 12.7. The predicted octanol–water partition coefficient (Wildman–Crippen LogP) is 2.24. The standard InChI is InChI=1S/C17H20N2O4S/c1-17-6-5-15(20)19(17)12(10-24-17)16(21)18-11-3-4-13-14(9-11)23-8-2-7-22-13/h3-4,9,12H,2,5-8,10H2,1H3,(H,18,21)/t12-,17+/m0/s1. The van der Waals surface area contributed by atoms with E-state index in [2.05, 4.69) is 5.32 Å². The van der Waals surface area contributed by atoms with Crippen LogP contribution in [0.1, 0.15) is 26.2 Å². The van der Waals surface area contributed by atoms with Crippen molar-refractivity contribution < 1.29 is 19.1 Å². The number of carbonyl (C=O) groups is 2. The number of anilines is 1. The third-order valence-corrected chi connectivity index (χ3v) is 6.27. The molecular weight excluding hydrogens is 328 g/mol. The minimum absolute atomic E-state index is 0.0707. The maximum atomic E-state index is 12.7. The number of nitrogens with one attached hydrogen (secondary N) is 1. The molecule has 2 saturated heterocycles. The Kier molecular flexibility index (Phi) is 3.83. The molecule has 7 heteroatoms. The van der Waals surface area contributed by atoms with Gasteiger partial charge in [-0.3, -0.25) is 9.59 Å². The Labute approximate surface area is 144 Å². The summed E-state index contributed by atoms with van der Waals surface area (Å²) < 4.78 is 11.3. The maximum Gasteiger partial charge on any atom is 0.248 e. The van der Waals surface area contributed by atoms with E-state index in [-0.39, 0.29) is 16.7 Å². The van der Waals surface area contributed by atoms with E-state index in [1.807, 2.05) is 13.0 Å². The molecule has 0 unspecified atom stereocenters. The van der Waals surface area contributed by atoms with E-state index >= 15 is 0 Å². The lowest BCUT2D eigenvalue weighted by atomic mass is 10.2. The molecule has 2 fully saturated rings. The van der Waals surface area contributed by atoms with Crippen LogP contribution in [0.5, 0.6) is 11.5 Å². The van der Waals surface area contributed by atoms with Gasteiger partial charge in [-0.15, -0.1) is 11.8 Å². The van der Waals surface area contributed by atoms with E-state index in [9.17, 15) is 9.59 Å². The third-order valence-electron chi connectivity index (χ3n) is 4.76. The van der Waals surface area contributed by atoms with Gasteiger partial charge in [0, 0.05) is 30.3 Å². The molecule has 2 atom stereocenters. The van der Waals surface area contributed by atoms with Crippen molar-refractivity contribution in [1.82, 2.24) is 4.90 Å². The second kappa shape index (κ2) is 5.88. The summed E-state index contributed by atoms with van der Waals surface area (Å²) in [6.07, 6.45) is 2.17. The van der Waals surface area contributed by atoms with Gasteiger partial charge in [0.1, 0.15) is 6.04 Å². The van der Waals surface area contributed by atoms with Crippen LogP contribution in [0.25, 0.3) is 0 Å². The van der Waals surface area contributed by atoms with Gasteiger partial charge in [-0.1, -0.05) is 0 Å². The fourth-order valence-corrected chi connectivity index (χ4v) is 4.91. The highest BCUT2D eigenvalue weighted by Gasteiger charge is 2.52. The summed E-state index contributed by atoms with van der Waals surface area (Å²) in [4.78, 5) is 26.4. The van der Waals surface area contributed by atoms with Crippen molar-refractivity contribution >= 4 is 29.3 Å². The lowest BCUT2D eigenvalue weighted by Crippen LogP contribution is -2.48. The Morgan fingerprint density at radius 2 is 2.12 bits per heavy atom. The number of benzene rings is 1. The highest BCUT2D eigenvalue weighted by Crippen LogP contribution is 2.47. The Balaban J connectivity index is 1.50. The van der Waals surface area contributed by atoms with Crippen LogP contribution in [-0.2, 0) is 9.59 Å². The molecule has 0 saturated carbocycles.